The van der Waals surface area contributed by atoms with Crippen molar-refractivity contribution in [3.63, 3.8) is 0 Å². The highest BCUT2D eigenvalue weighted by molar-refractivity contribution is 9.10. The van der Waals surface area contributed by atoms with E-state index in [1.54, 1.807) is 5.57 Å². The molecule has 2 aromatic rings. The zero-order chi connectivity index (χ0) is 16.1. The Morgan fingerprint density at radius 2 is 2.09 bits per heavy atom. The Labute approximate surface area is 151 Å². The van der Waals surface area contributed by atoms with E-state index in [1.165, 1.54) is 25.7 Å². The fourth-order valence-corrected chi connectivity index (χ4v) is 3.67. The van der Waals surface area contributed by atoms with Gasteiger partial charge in [-0.3, -0.25) is 0 Å². The van der Waals surface area contributed by atoms with Gasteiger partial charge in [-0.1, -0.05) is 39.2 Å². The number of allylic oxidation sites excluding steroid dienone is 1. The monoisotopic (exact) mass is 393 g/mol. The Morgan fingerprint density at radius 1 is 1.17 bits per heavy atom. The molecule has 23 heavy (non-hydrogen) atoms. The van der Waals surface area contributed by atoms with Gasteiger partial charge in [-0.25, -0.2) is 0 Å². The number of hydrogen-bond acceptors (Lipinski definition) is 2. The van der Waals surface area contributed by atoms with Crippen LogP contribution in [0.5, 0.6) is 0 Å². The van der Waals surface area contributed by atoms with Gasteiger partial charge in [-0.15, -0.1) is 0 Å². The molecule has 0 amide bonds. The van der Waals surface area contributed by atoms with Crippen molar-refractivity contribution in [2.75, 3.05) is 6.54 Å². The minimum Gasteiger partial charge on any atom is -0.460 e. The topological polar surface area (TPSA) is 25.2 Å². The maximum atomic E-state index is 6.27. The van der Waals surface area contributed by atoms with Crippen molar-refractivity contribution in [2.45, 2.75) is 38.6 Å². The number of halogens is 2. The van der Waals surface area contributed by atoms with Crippen LogP contribution in [-0.4, -0.2) is 6.54 Å². The molecule has 122 valence electrons. The highest BCUT2D eigenvalue weighted by Gasteiger charge is 2.09. The summed E-state index contributed by atoms with van der Waals surface area (Å²) in [5.41, 5.74) is 2.53. The minimum absolute atomic E-state index is 0.692. The molecule has 0 spiro atoms. The van der Waals surface area contributed by atoms with E-state index >= 15 is 0 Å². The van der Waals surface area contributed by atoms with Crippen LogP contribution in [-0.2, 0) is 6.54 Å². The molecule has 4 heteroatoms. The molecular weight excluding hydrogens is 374 g/mol. The molecule has 0 radical (unpaired) electrons. The molecule has 1 aromatic carbocycles. The van der Waals surface area contributed by atoms with Gasteiger partial charge in [0, 0.05) is 10.0 Å². The Hall–Kier alpha value is -1.03. The zero-order valence-electron chi connectivity index (χ0n) is 13.1. The Morgan fingerprint density at radius 3 is 2.87 bits per heavy atom. The lowest BCUT2D eigenvalue weighted by atomic mass is 9.97. The summed E-state index contributed by atoms with van der Waals surface area (Å²) in [4.78, 5) is 0. The molecule has 0 saturated heterocycles. The summed E-state index contributed by atoms with van der Waals surface area (Å²) in [6.45, 7) is 1.75. The summed E-state index contributed by atoms with van der Waals surface area (Å²) in [7, 11) is 0. The Bertz CT molecular complexity index is 692. The summed E-state index contributed by atoms with van der Waals surface area (Å²) in [5.74, 6) is 1.76. The number of nitrogens with one attached hydrogen (secondary N) is 1. The van der Waals surface area contributed by atoms with E-state index < -0.39 is 0 Å². The largest absolute Gasteiger partial charge is 0.460 e. The van der Waals surface area contributed by atoms with E-state index in [0.717, 1.165) is 41.1 Å². The summed E-state index contributed by atoms with van der Waals surface area (Å²) in [6, 6.07) is 9.82. The molecule has 1 aliphatic rings. The van der Waals surface area contributed by atoms with E-state index in [1.807, 2.05) is 30.3 Å². The average molecular weight is 395 g/mol. The molecule has 0 aliphatic heterocycles. The highest BCUT2D eigenvalue weighted by atomic mass is 79.9. The van der Waals surface area contributed by atoms with Crippen molar-refractivity contribution in [1.29, 1.82) is 0 Å². The van der Waals surface area contributed by atoms with Gasteiger partial charge >= 0.3 is 0 Å². The SMILES string of the molecule is Clc1cc(Br)ccc1-c1ccc(CNCCC2=CCCCC2)o1. The van der Waals surface area contributed by atoms with Gasteiger partial charge in [0.2, 0.25) is 0 Å². The van der Waals surface area contributed by atoms with Crippen molar-refractivity contribution in [2.24, 2.45) is 0 Å². The van der Waals surface area contributed by atoms with Crippen LogP contribution in [0.4, 0.5) is 0 Å². The molecule has 1 N–H and O–H groups in total. The first-order chi connectivity index (χ1) is 11.2. The molecule has 0 fully saturated rings. The predicted octanol–water partition coefficient (Wildman–Crippen LogP) is 6.34. The van der Waals surface area contributed by atoms with Crippen molar-refractivity contribution < 1.29 is 4.42 Å². The fraction of sp³-hybridized carbons (Fsp3) is 0.368. The number of hydrogen-bond donors (Lipinski definition) is 1. The number of rotatable bonds is 6. The molecular formula is C19H21BrClNO. The molecule has 0 bridgehead atoms. The minimum atomic E-state index is 0.692. The smallest absolute Gasteiger partial charge is 0.135 e. The van der Waals surface area contributed by atoms with Crippen molar-refractivity contribution >= 4 is 27.5 Å². The van der Waals surface area contributed by atoms with Crippen LogP contribution in [0.15, 0.2) is 50.9 Å². The lowest BCUT2D eigenvalue weighted by molar-refractivity contribution is 0.493. The standard InChI is InChI=1S/C19H21BrClNO/c20-15-6-8-17(18(21)12-15)19-9-7-16(23-19)13-22-11-10-14-4-2-1-3-5-14/h4,6-9,12,22H,1-3,5,10-11,13H2. The zero-order valence-corrected chi connectivity index (χ0v) is 15.4. The first-order valence-electron chi connectivity index (χ1n) is 8.15. The van der Waals surface area contributed by atoms with Gasteiger partial charge in [-0.2, -0.15) is 0 Å². The molecule has 1 aliphatic carbocycles. The summed E-state index contributed by atoms with van der Waals surface area (Å²) >= 11 is 9.69. The third-order valence-electron chi connectivity index (χ3n) is 4.17. The fourth-order valence-electron chi connectivity index (χ4n) is 2.90. The molecule has 3 rings (SSSR count). The van der Waals surface area contributed by atoms with Gasteiger partial charge in [-0.05, 0) is 69.0 Å². The van der Waals surface area contributed by atoms with E-state index in [0.29, 0.717) is 5.02 Å². The molecule has 0 saturated carbocycles. The lowest BCUT2D eigenvalue weighted by Gasteiger charge is -2.12. The quantitative estimate of drug-likeness (QED) is 0.456. The first kappa shape index (κ1) is 16.8. The summed E-state index contributed by atoms with van der Waals surface area (Å²) < 4.78 is 6.87. The molecule has 1 heterocycles. The second kappa shape index (κ2) is 8.18. The predicted molar refractivity (Wildman–Crippen MR) is 99.7 cm³/mol. The molecule has 1 aromatic heterocycles. The van der Waals surface area contributed by atoms with Crippen LogP contribution >= 0.6 is 27.5 Å². The summed E-state index contributed by atoms with van der Waals surface area (Å²) in [5, 5.41) is 4.15. The second-order valence-electron chi connectivity index (χ2n) is 5.93. The Balaban J connectivity index is 1.52. The first-order valence-corrected chi connectivity index (χ1v) is 9.32. The van der Waals surface area contributed by atoms with Crippen LogP contribution in [0.1, 0.15) is 37.9 Å². The van der Waals surface area contributed by atoms with Crippen molar-refractivity contribution in [3.8, 4) is 11.3 Å². The third kappa shape index (κ3) is 4.72. The summed E-state index contributed by atoms with van der Waals surface area (Å²) in [6.07, 6.45) is 8.78. The van der Waals surface area contributed by atoms with Crippen LogP contribution in [0.3, 0.4) is 0 Å². The van der Waals surface area contributed by atoms with Gasteiger partial charge in [0.25, 0.3) is 0 Å². The second-order valence-corrected chi connectivity index (χ2v) is 7.25. The van der Waals surface area contributed by atoms with E-state index in [-0.39, 0.29) is 0 Å². The van der Waals surface area contributed by atoms with E-state index in [2.05, 4.69) is 27.3 Å². The number of benzene rings is 1. The molecule has 0 atom stereocenters. The maximum absolute atomic E-state index is 6.27. The Kier molecular flexibility index (Phi) is 5.98. The van der Waals surface area contributed by atoms with Gasteiger partial charge in [0.1, 0.15) is 11.5 Å². The van der Waals surface area contributed by atoms with E-state index in [9.17, 15) is 0 Å². The van der Waals surface area contributed by atoms with Crippen LogP contribution in [0, 0.1) is 0 Å². The van der Waals surface area contributed by atoms with Gasteiger partial charge in [0.15, 0.2) is 0 Å². The maximum Gasteiger partial charge on any atom is 0.135 e. The number of furan rings is 1. The highest BCUT2D eigenvalue weighted by Crippen LogP contribution is 2.31. The van der Waals surface area contributed by atoms with Crippen LogP contribution < -0.4 is 5.32 Å². The van der Waals surface area contributed by atoms with Crippen LogP contribution in [0.2, 0.25) is 5.02 Å². The van der Waals surface area contributed by atoms with E-state index in [4.69, 9.17) is 16.0 Å². The average Bonchev–Trinajstić information content (AvgIpc) is 3.01. The van der Waals surface area contributed by atoms with Gasteiger partial charge in [0.05, 0.1) is 11.6 Å². The third-order valence-corrected chi connectivity index (χ3v) is 4.97. The normalized spacial score (nSPS) is 14.8. The van der Waals surface area contributed by atoms with Crippen molar-refractivity contribution in [3.05, 3.63) is 57.2 Å². The van der Waals surface area contributed by atoms with Gasteiger partial charge < -0.3 is 9.73 Å². The lowest BCUT2D eigenvalue weighted by Crippen LogP contribution is -2.15. The van der Waals surface area contributed by atoms with Crippen LogP contribution in [0.25, 0.3) is 11.3 Å². The molecule has 0 unspecified atom stereocenters. The molecule has 2 nitrogen and oxygen atoms in total. The van der Waals surface area contributed by atoms with Crippen molar-refractivity contribution in [1.82, 2.24) is 5.32 Å².